The van der Waals surface area contributed by atoms with Crippen molar-refractivity contribution in [3.05, 3.63) is 64.0 Å². The normalized spacial score (nSPS) is 20.3. The molecule has 2 atom stereocenters. The molecule has 1 aliphatic rings. The predicted octanol–water partition coefficient (Wildman–Crippen LogP) is 5.66. The van der Waals surface area contributed by atoms with Crippen LogP contribution in [0.25, 0.3) is 22.1 Å². The molecule has 31 heavy (non-hydrogen) atoms. The summed E-state index contributed by atoms with van der Waals surface area (Å²) in [6, 6.07) is 10.4. The number of fused-ring (bicyclic) bond motifs is 1. The molecular weight excluding hydrogens is 407 g/mol. The molecule has 2 unspecified atom stereocenters. The van der Waals surface area contributed by atoms with Gasteiger partial charge < -0.3 is 9.52 Å². The lowest BCUT2D eigenvalue weighted by Crippen LogP contribution is -2.38. The molecule has 0 bridgehead atoms. The van der Waals surface area contributed by atoms with Gasteiger partial charge in [0.15, 0.2) is 0 Å². The molecule has 0 saturated carbocycles. The van der Waals surface area contributed by atoms with Crippen LogP contribution in [0.1, 0.15) is 31.6 Å². The van der Waals surface area contributed by atoms with Gasteiger partial charge in [0.2, 0.25) is 11.2 Å². The van der Waals surface area contributed by atoms with Gasteiger partial charge in [0, 0.05) is 19.6 Å². The largest absolute Gasteiger partial charge is 0.507 e. The Labute approximate surface area is 177 Å². The number of hydrogen-bond acceptors (Lipinski definition) is 4. The summed E-state index contributed by atoms with van der Waals surface area (Å²) in [4.78, 5) is 15.3. The monoisotopic (exact) mass is 431 g/mol. The van der Waals surface area contributed by atoms with Crippen molar-refractivity contribution >= 4 is 11.0 Å². The van der Waals surface area contributed by atoms with E-state index >= 15 is 0 Å². The average molecular weight is 431 g/mol. The third-order valence-corrected chi connectivity index (χ3v) is 5.78. The highest BCUT2D eigenvalue weighted by molar-refractivity contribution is 5.86. The summed E-state index contributed by atoms with van der Waals surface area (Å²) < 4.78 is 47.2. The zero-order valence-corrected chi connectivity index (χ0v) is 17.4. The standard InChI is InChI=1S/C24H24F3NO3/c1-14-10-15(2)12-28(11-14)13-18-19(29)9-8-17-21(30)20(16-6-4-3-5-7-16)23(24(25,26)27)31-22(17)18/h3-9,14-15,29H,10-13H2,1-2H3. The number of piperidine rings is 1. The minimum atomic E-state index is -4.87. The third-order valence-electron chi connectivity index (χ3n) is 5.78. The Bertz CT molecular complexity index is 1140. The second kappa shape index (κ2) is 8.04. The Balaban J connectivity index is 1.92. The summed E-state index contributed by atoms with van der Waals surface area (Å²) in [7, 11) is 0. The van der Waals surface area contributed by atoms with Crippen LogP contribution in [0.15, 0.2) is 51.7 Å². The van der Waals surface area contributed by atoms with E-state index in [0.717, 1.165) is 19.5 Å². The number of rotatable bonds is 3. The lowest BCUT2D eigenvalue weighted by Gasteiger charge is -2.35. The van der Waals surface area contributed by atoms with E-state index in [1.165, 1.54) is 24.3 Å². The quantitative estimate of drug-likeness (QED) is 0.581. The molecule has 1 aliphatic heterocycles. The van der Waals surface area contributed by atoms with Crippen LogP contribution in [0.3, 0.4) is 0 Å². The molecule has 3 aromatic rings. The van der Waals surface area contributed by atoms with Gasteiger partial charge in [0.1, 0.15) is 11.3 Å². The van der Waals surface area contributed by atoms with Gasteiger partial charge in [0.25, 0.3) is 0 Å². The van der Waals surface area contributed by atoms with Crippen molar-refractivity contribution in [2.45, 2.75) is 33.0 Å². The molecule has 1 aromatic heterocycles. The van der Waals surface area contributed by atoms with Crippen molar-refractivity contribution in [3.8, 4) is 16.9 Å². The van der Waals surface area contributed by atoms with Crippen LogP contribution in [-0.4, -0.2) is 23.1 Å². The smallest absolute Gasteiger partial charge is 0.450 e. The second-order valence-corrected chi connectivity index (χ2v) is 8.58. The Morgan fingerprint density at radius 2 is 1.71 bits per heavy atom. The first-order chi connectivity index (χ1) is 14.6. The molecule has 2 aromatic carbocycles. The van der Waals surface area contributed by atoms with E-state index in [2.05, 4.69) is 18.7 Å². The molecule has 0 amide bonds. The van der Waals surface area contributed by atoms with Crippen molar-refractivity contribution in [2.24, 2.45) is 11.8 Å². The molecule has 4 rings (SSSR count). The Kier molecular flexibility index (Phi) is 5.56. The van der Waals surface area contributed by atoms with Crippen LogP contribution >= 0.6 is 0 Å². The van der Waals surface area contributed by atoms with E-state index in [0.29, 0.717) is 11.8 Å². The molecule has 4 nitrogen and oxygen atoms in total. The first kappa shape index (κ1) is 21.4. The van der Waals surface area contributed by atoms with Crippen LogP contribution in [-0.2, 0) is 12.7 Å². The van der Waals surface area contributed by atoms with Crippen molar-refractivity contribution in [2.75, 3.05) is 13.1 Å². The maximum atomic E-state index is 13.9. The summed E-state index contributed by atoms with van der Waals surface area (Å²) in [5.41, 5.74) is -1.14. The summed E-state index contributed by atoms with van der Waals surface area (Å²) in [6.45, 7) is 5.99. The van der Waals surface area contributed by atoms with E-state index in [1.807, 2.05) is 0 Å². The highest BCUT2D eigenvalue weighted by Crippen LogP contribution is 2.39. The minimum absolute atomic E-state index is 0.0257. The van der Waals surface area contributed by atoms with Crippen LogP contribution in [0.2, 0.25) is 0 Å². The topological polar surface area (TPSA) is 53.7 Å². The number of halogens is 3. The Morgan fingerprint density at radius 3 is 2.32 bits per heavy atom. The highest BCUT2D eigenvalue weighted by Gasteiger charge is 2.40. The first-order valence-corrected chi connectivity index (χ1v) is 10.3. The SMILES string of the molecule is CC1CC(C)CN(Cc2c(O)ccc3c(=O)c(-c4ccccc4)c(C(F)(F)F)oc23)C1. The van der Waals surface area contributed by atoms with Gasteiger partial charge in [-0.05, 0) is 36.0 Å². The van der Waals surface area contributed by atoms with Gasteiger partial charge in [-0.1, -0.05) is 44.2 Å². The number of phenols is 1. The fourth-order valence-electron chi connectivity index (χ4n) is 4.67. The van der Waals surface area contributed by atoms with E-state index in [1.54, 1.807) is 18.2 Å². The van der Waals surface area contributed by atoms with Crippen LogP contribution in [0, 0.1) is 11.8 Å². The zero-order valence-electron chi connectivity index (χ0n) is 17.4. The number of alkyl halides is 3. The van der Waals surface area contributed by atoms with E-state index < -0.39 is 22.9 Å². The lowest BCUT2D eigenvalue weighted by atomic mass is 9.91. The molecule has 0 spiro atoms. The van der Waals surface area contributed by atoms with Gasteiger partial charge in [-0.25, -0.2) is 0 Å². The van der Waals surface area contributed by atoms with Gasteiger partial charge >= 0.3 is 6.18 Å². The van der Waals surface area contributed by atoms with Crippen molar-refractivity contribution in [1.82, 2.24) is 4.90 Å². The summed E-state index contributed by atoms with van der Waals surface area (Å²) in [5.74, 6) is -0.655. The minimum Gasteiger partial charge on any atom is -0.507 e. The van der Waals surface area contributed by atoms with E-state index in [9.17, 15) is 23.1 Å². The Morgan fingerprint density at radius 1 is 1.06 bits per heavy atom. The maximum Gasteiger partial charge on any atom is 0.450 e. The fourth-order valence-corrected chi connectivity index (χ4v) is 4.67. The number of likely N-dealkylation sites (tertiary alicyclic amines) is 1. The molecule has 1 fully saturated rings. The van der Waals surface area contributed by atoms with Gasteiger partial charge in [-0.3, -0.25) is 9.69 Å². The van der Waals surface area contributed by atoms with Crippen LogP contribution in [0.5, 0.6) is 5.75 Å². The first-order valence-electron chi connectivity index (χ1n) is 10.3. The fraction of sp³-hybridized carbons (Fsp3) is 0.375. The second-order valence-electron chi connectivity index (χ2n) is 8.58. The molecule has 164 valence electrons. The summed E-state index contributed by atoms with van der Waals surface area (Å²) in [5, 5.41) is 10.5. The average Bonchev–Trinajstić information content (AvgIpc) is 2.69. The number of nitrogens with zero attached hydrogens (tertiary/aromatic N) is 1. The number of phenolic OH excluding ortho intramolecular Hbond substituents is 1. The zero-order chi connectivity index (χ0) is 22.3. The summed E-state index contributed by atoms with van der Waals surface area (Å²) in [6.07, 6.45) is -3.79. The molecular formula is C24H24F3NO3. The van der Waals surface area contributed by atoms with Crippen LogP contribution < -0.4 is 5.43 Å². The predicted molar refractivity (Wildman–Crippen MR) is 113 cm³/mol. The molecule has 1 saturated heterocycles. The number of hydrogen-bond donors (Lipinski definition) is 1. The number of benzene rings is 2. The highest BCUT2D eigenvalue weighted by atomic mass is 19.4. The van der Waals surface area contributed by atoms with Gasteiger partial charge in [0.05, 0.1) is 16.5 Å². The van der Waals surface area contributed by atoms with Crippen molar-refractivity contribution in [1.29, 1.82) is 0 Å². The third kappa shape index (κ3) is 4.19. The molecule has 0 radical (unpaired) electrons. The molecule has 1 N–H and O–H groups in total. The Hall–Kier alpha value is -2.80. The number of aromatic hydroxyl groups is 1. The molecule has 2 heterocycles. The van der Waals surface area contributed by atoms with Gasteiger partial charge in [-0.2, -0.15) is 13.2 Å². The maximum absolute atomic E-state index is 13.9. The van der Waals surface area contributed by atoms with Crippen molar-refractivity contribution in [3.63, 3.8) is 0 Å². The molecule has 0 aliphatic carbocycles. The lowest BCUT2D eigenvalue weighted by molar-refractivity contribution is -0.152. The summed E-state index contributed by atoms with van der Waals surface area (Å²) >= 11 is 0. The molecule has 7 heteroatoms. The van der Waals surface area contributed by atoms with Crippen LogP contribution in [0.4, 0.5) is 13.2 Å². The van der Waals surface area contributed by atoms with Gasteiger partial charge in [-0.15, -0.1) is 0 Å². The van der Waals surface area contributed by atoms with Crippen molar-refractivity contribution < 1.29 is 22.7 Å². The van der Waals surface area contributed by atoms with E-state index in [4.69, 9.17) is 4.42 Å². The van der Waals surface area contributed by atoms with E-state index in [-0.39, 0.29) is 34.4 Å².